The predicted molar refractivity (Wildman–Crippen MR) is 112 cm³/mol. The number of amides is 2. The molecule has 0 fully saturated rings. The zero-order valence-corrected chi connectivity index (χ0v) is 16.7. The van der Waals surface area contributed by atoms with Crippen LogP contribution in [0.5, 0.6) is 0 Å². The third-order valence-corrected chi connectivity index (χ3v) is 4.64. The van der Waals surface area contributed by atoms with E-state index in [0.717, 1.165) is 10.4 Å². The predicted octanol–water partition coefficient (Wildman–Crippen LogP) is 0.725. The number of nitrogens with zero attached hydrogens (tertiary/aromatic N) is 4. The van der Waals surface area contributed by atoms with E-state index < -0.39 is 29.7 Å². The van der Waals surface area contributed by atoms with Gasteiger partial charge in [0.2, 0.25) is 5.91 Å². The first kappa shape index (κ1) is 21.8. The third kappa shape index (κ3) is 5.80. The standard InChI is InChI=1S/C21H23N7O3/c22-16(11-12-17(23)29)19(30)18(15-9-5-2-6-10-15)20-25-27-28(26-20)21(31)24-13-14-7-3-1-4-8-14/h1-10,16,18H,11-13,22H2,(H2,23,29)(H,24,31)/t16-,18?/m0/s1. The van der Waals surface area contributed by atoms with Gasteiger partial charge in [0.1, 0.15) is 5.92 Å². The van der Waals surface area contributed by atoms with Gasteiger partial charge >= 0.3 is 6.03 Å². The second-order valence-corrected chi connectivity index (χ2v) is 6.94. The highest BCUT2D eigenvalue weighted by Gasteiger charge is 2.31. The van der Waals surface area contributed by atoms with E-state index in [2.05, 4.69) is 20.7 Å². The van der Waals surface area contributed by atoms with E-state index in [-0.39, 0.29) is 25.2 Å². The van der Waals surface area contributed by atoms with Crippen LogP contribution in [0.25, 0.3) is 0 Å². The van der Waals surface area contributed by atoms with Crippen LogP contribution in [0.4, 0.5) is 4.79 Å². The molecule has 2 amide bonds. The van der Waals surface area contributed by atoms with E-state index in [9.17, 15) is 14.4 Å². The smallest absolute Gasteiger partial charge is 0.361 e. The van der Waals surface area contributed by atoms with Gasteiger partial charge in [-0.1, -0.05) is 65.5 Å². The second kappa shape index (κ2) is 10.2. The van der Waals surface area contributed by atoms with Crippen molar-refractivity contribution < 1.29 is 14.4 Å². The third-order valence-electron chi connectivity index (χ3n) is 4.64. The Morgan fingerprint density at radius 1 is 1.00 bits per heavy atom. The topological polar surface area (TPSA) is 159 Å². The van der Waals surface area contributed by atoms with Gasteiger partial charge in [0.15, 0.2) is 11.6 Å². The van der Waals surface area contributed by atoms with E-state index >= 15 is 0 Å². The minimum absolute atomic E-state index is 0.0174. The number of hydrogen-bond donors (Lipinski definition) is 3. The zero-order valence-electron chi connectivity index (χ0n) is 16.7. The van der Waals surface area contributed by atoms with Crippen molar-refractivity contribution in [3.63, 3.8) is 0 Å². The van der Waals surface area contributed by atoms with Gasteiger partial charge in [0.05, 0.1) is 6.04 Å². The largest absolute Gasteiger partial charge is 0.370 e. The molecule has 1 aromatic heterocycles. The van der Waals surface area contributed by atoms with Gasteiger partial charge in [0, 0.05) is 13.0 Å². The average molecular weight is 421 g/mol. The number of carbonyl (C=O) groups excluding carboxylic acids is 3. The number of hydrogen-bond acceptors (Lipinski definition) is 7. The first-order valence-corrected chi connectivity index (χ1v) is 9.70. The van der Waals surface area contributed by atoms with Gasteiger partial charge in [-0.15, -0.1) is 10.2 Å². The van der Waals surface area contributed by atoms with Crippen LogP contribution in [0.2, 0.25) is 0 Å². The number of carbonyl (C=O) groups is 3. The Morgan fingerprint density at radius 2 is 1.65 bits per heavy atom. The normalized spacial score (nSPS) is 12.7. The molecule has 160 valence electrons. The van der Waals surface area contributed by atoms with Crippen molar-refractivity contribution in [1.29, 1.82) is 0 Å². The molecule has 0 aliphatic heterocycles. The van der Waals surface area contributed by atoms with Crippen LogP contribution in [-0.2, 0) is 16.1 Å². The van der Waals surface area contributed by atoms with Crippen molar-refractivity contribution >= 4 is 17.7 Å². The van der Waals surface area contributed by atoms with Crippen molar-refractivity contribution in [3.8, 4) is 0 Å². The summed E-state index contributed by atoms with van der Waals surface area (Å²) in [5, 5.41) is 14.5. The maximum Gasteiger partial charge on any atom is 0.361 e. The molecule has 3 aromatic rings. The number of aromatic nitrogens is 4. The van der Waals surface area contributed by atoms with Crippen LogP contribution >= 0.6 is 0 Å². The van der Waals surface area contributed by atoms with Gasteiger partial charge in [-0.3, -0.25) is 9.59 Å². The molecule has 10 nitrogen and oxygen atoms in total. The lowest BCUT2D eigenvalue weighted by Gasteiger charge is -2.17. The highest BCUT2D eigenvalue weighted by Crippen LogP contribution is 2.24. The lowest BCUT2D eigenvalue weighted by Crippen LogP contribution is -2.36. The number of tetrazole rings is 1. The number of ketones is 1. The Balaban J connectivity index is 1.78. The molecule has 0 saturated heterocycles. The van der Waals surface area contributed by atoms with Crippen LogP contribution in [0.1, 0.15) is 35.7 Å². The first-order valence-electron chi connectivity index (χ1n) is 9.70. The number of rotatable bonds is 9. The Labute approximate surface area is 178 Å². The van der Waals surface area contributed by atoms with E-state index in [1.807, 2.05) is 30.3 Å². The minimum Gasteiger partial charge on any atom is -0.370 e. The highest BCUT2D eigenvalue weighted by atomic mass is 16.2. The highest BCUT2D eigenvalue weighted by molar-refractivity contribution is 5.92. The fourth-order valence-corrected chi connectivity index (χ4v) is 3.01. The fourth-order valence-electron chi connectivity index (χ4n) is 3.01. The molecular formula is C21H23N7O3. The van der Waals surface area contributed by atoms with Gasteiger partial charge in [-0.25, -0.2) is 4.79 Å². The maximum atomic E-state index is 13.1. The summed E-state index contributed by atoms with van der Waals surface area (Å²) in [7, 11) is 0. The van der Waals surface area contributed by atoms with Crippen LogP contribution in [-0.4, -0.2) is 44.0 Å². The molecular weight excluding hydrogens is 398 g/mol. The summed E-state index contributed by atoms with van der Waals surface area (Å²) < 4.78 is 0. The second-order valence-electron chi connectivity index (χ2n) is 6.94. The van der Waals surface area contributed by atoms with Crippen LogP contribution in [0.15, 0.2) is 60.7 Å². The van der Waals surface area contributed by atoms with Gasteiger partial charge in [-0.05, 0) is 22.8 Å². The SMILES string of the molecule is NC(=O)CC[C@H](N)C(=O)C(c1ccccc1)c1nnn(C(=O)NCc2ccccc2)n1. The molecule has 2 atom stereocenters. The molecule has 1 unspecified atom stereocenters. The molecule has 2 aromatic carbocycles. The van der Waals surface area contributed by atoms with E-state index in [1.54, 1.807) is 30.3 Å². The molecule has 0 aliphatic carbocycles. The van der Waals surface area contributed by atoms with Gasteiger partial charge in [0.25, 0.3) is 0 Å². The Bertz CT molecular complexity index is 1040. The summed E-state index contributed by atoms with van der Waals surface area (Å²) in [6.07, 6.45) is 0.0830. The lowest BCUT2D eigenvalue weighted by molar-refractivity contribution is -0.121. The summed E-state index contributed by atoms with van der Waals surface area (Å²) in [5.41, 5.74) is 12.7. The molecule has 0 saturated carbocycles. The molecule has 10 heteroatoms. The van der Waals surface area contributed by atoms with Crippen molar-refractivity contribution in [2.45, 2.75) is 31.3 Å². The van der Waals surface area contributed by atoms with E-state index in [0.29, 0.717) is 5.56 Å². The molecule has 3 rings (SSSR count). The number of nitrogens with one attached hydrogen (secondary N) is 1. The summed E-state index contributed by atoms with van der Waals surface area (Å²) in [6, 6.07) is 16.6. The maximum absolute atomic E-state index is 13.1. The molecule has 31 heavy (non-hydrogen) atoms. The number of nitrogens with two attached hydrogens (primary N) is 2. The molecule has 1 heterocycles. The first-order chi connectivity index (χ1) is 15.0. The Morgan fingerprint density at radius 3 is 2.29 bits per heavy atom. The molecule has 0 bridgehead atoms. The molecule has 0 aliphatic rings. The lowest BCUT2D eigenvalue weighted by atomic mass is 9.89. The van der Waals surface area contributed by atoms with Crippen LogP contribution < -0.4 is 16.8 Å². The summed E-state index contributed by atoms with van der Waals surface area (Å²) in [4.78, 5) is 37.3. The van der Waals surface area contributed by atoms with Gasteiger partial charge in [-0.2, -0.15) is 0 Å². The minimum atomic E-state index is -0.948. The van der Waals surface area contributed by atoms with Crippen LogP contribution in [0.3, 0.4) is 0 Å². The zero-order chi connectivity index (χ0) is 22.2. The van der Waals surface area contributed by atoms with Crippen molar-refractivity contribution in [1.82, 2.24) is 25.5 Å². The van der Waals surface area contributed by atoms with Crippen LogP contribution in [0, 0.1) is 0 Å². The van der Waals surface area contributed by atoms with Gasteiger partial charge < -0.3 is 16.8 Å². The monoisotopic (exact) mass is 421 g/mol. The summed E-state index contributed by atoms with van der Waals surface area (Å²) in [6.45, 7) is 0.287. The Kier molecular flexibility index (Phi) is 7.17. The molecule has 0 radical (unpaired) electrons. The van der Waals surface area contributed by atoms with E-state index in [4.69, 9.17) is 11.5 Å². The van der Waals surface area contributed by atoms with Crippen molar-refractivity contribution in [2.24, 2.45) is 11.5 Å². The number of benzene rings is 2. The van der Waals surface area contributed by atoms with Crippen molar-refractivity contribution in [3.05, 3.63) is 77.6 Å². The molecule has 5 N–H and O–H groups in total. The number of Topliss-reactive ketones (excluding diaryl/α,β-unsaturated/α-hetero) is 1. The van der Waals surface area contributed by atoms with Crippen molar-refractivity contribution in [2.75, 3.05) is 0 Å². The number of primary amides is 1. The quantitative estimate of drug-likeness (QED) is 0.459. The summed E-state index contributed by atoms with van der Waals surface area (Å²) >= 11 is 0. The average Bonchev–Trinajstić information content (AvgIpc) is 3.27. The van der Waals surface area contributed by atoms with E-state index in [1.165, 1.54) is 0 Å². The summed E-state index contributed by atoms with van der Waals surface area (Å²) in [5.74, 6) is -1.82. The molecule has 0 spiro atoms. The fraction of sp³-hybridized carbons (Fsp3) is 0.238. The Hall–Kier alpha value is -3.92.